The lowest BCUT2D eigenvalue weighted by molar-refractivity contribution is -0.137. The summed E-state index contributed by atoms with van der Waals surface area (Å²) in [6.07, 6.45) is 5.52. The van der Waals surface area contributed by atoms with Gasteiger partial charge < -0.3 is 9.47 Å². The summed E-state index contributed by atoms with van der Waals surface area (Å²) >= 11 is 6.42. The highest BCUT2D eigenvalue weighted by atomic mass is 35.5. The van der Waals surface area contributed by atoms with Gasteiger partial charge in [-0.2, -0.15) is 9.49 Å². The number of aromatic nitrogens is 2. The number of rotatable bonds is 3. The van der Waals surface area contributed by atoms with Gasteiger partial charge in [-0.15, -0.1) is 0 Å². The van der Waals surface area contributed by atoms with E-state index in [2.05, 4.69) is 9.84 Å². The molecule has 7 heteroatoms. The van der Waals surface area contributed by atoms with Gasteiger partial charge in [0.25, 0.3) is 0 Å². The maximum atomic E-state index is 13.7. The summed E-state index contributed by atoms with van der Waals surface area (Å²) in [5.74, 6) is -2.04. The van der Waals surface area contributed by atoms with E-state index in [0.29, 0.717) is 22.7 Å². The first-order valence-corrected chi connectivity index (χ1v) is 7.72. The molecule has 2 heterocycles. The first kappa shape index (κ1) is 16.0. The maximum absolute atomic E-state index is 13.7. The number of hydrogen-bond acceptors (Lipinski definition) is 4. The topological polar surface area (TPSA) is 53.3 Å². The van der Waals surface area contributed by atoms with Crippen LogP contribution in [0.15, 0.2) is 24.2 Å². The van der Waals surface area contributed by atoms with Crippen molar-refractivity contribution in [2.45, 2.75) is 25.5 Å². The van der Waals surface area contributed by atoms with Gasteiger partial charge in [-0.1, -0.05) is 23.7 Å². The Labute approximate surface area is 137 Å². The van der Waals surface area contributed by atoms with Gasteiger partial charge in [0.1, 0.15) is 0 Å². The zero-order chi connectivity index (χ0) is 16.4. The largest absolute Gasteiger partial charge is 0.464 e. The fraction of sp³-hybridized carbons (Fsp3) is 0.375. The fourth-order valence-corrected chi connectivity index (χ4v) is 2.97. The Kier molecular flexibility index (Phi) is 4.63. The van der Waals surface area contributed by atoms with Crippen molar-refractivity contribution in [3.05, 3.63) is 34.7 Å². The van der Waals surface area contributed by atoms with E-state index in [1.165, 1.54) is 0 Å². The highest BCUT2D eigenvalue weighted by Crippen LogP contribution is 2.33. The van der Waals surface area contributed by atoms with Crippen LogP contribution in [0.5, 0.6) is 0 Å². The number of carbonyl (C=O) groups is 1. The predicted octanol–water partition coefficient (Wildman–Crippen LogP) is 3.87. The van der Waals surface area contributed by atoms with Crippen molar-refractivity contribution in [3.63, 3.8) is 0 Å². The van der Waals surface area contributed by atoms with E-state index in [1.54, 1.807) is 23.0 Å². The van der Waals surface area contributed by atoms with Crippen LogP contribution in [0, 0.1) is 0 Å². The van der Waals surface area contributed by atoms with Crippen LogP contribution in [0.3, 0.4) is 0 Å². The molecule has 0 N–H and O–H groups in total. The molecule has 3 rings (SSSR count). The zero-order valence-electron chi connectivity index (χ0n) is 12.6. The van der Waals surface area contributed by atoms with E-state index in [0.717, 1.165) is 37.8 Å². The number of fused-ring (bicyclic) bond motifs is 1. The normalized spacial score (nSPS) is 19.1. The quantitative estimate of drug-likeness (QED) is 0.629. The smallest absolute Gasteiger partial charge is 0.366 e. The van der Waals surface area contributed by atoms with Gasteiger partial charge in [-0.25, -0.2) is 9.48 Å². The molecule has 0 saturated carbocycles. The molecule has 0 aliphatic carbocycles. The minimum atomic E-state index is -1.04. The molecule has 1 unspecified atom stereocenters. The van der Waals surface area contributed by atoms with Crippen molar-refractivity contribution in [1.29, 1.82) is 0 Å². The van der Waals surface area contributed by atoms with E-state index < -0.39 is 11.8 Å². The Bertz CT molecular complexity index is 766. The molecule has 122 valence electrons. The highest BCUT2D eigenvalue weighted by molar-refractivity contribution is 6.36. The Morgan fingerprint density at radius 1 is 1.52 bits per heavy atom. The molecule has 1 aromatic heterocycles. The van der Waals surface area contributed by atoms with Crippen LogP contribution >= 0.6 is 11.6 Å². The van der Waals surface area contributed by atoms with Crippen LogP contribution in [0.4, 0.5) is 4.39 Å². The Hall–Kier alpha value is -1.92. The van der Waals surface area contributed by atoms with Gasteiger partial charge in [0.05, 0.1) is 23.8 Å². The molecule has 23 heavy (non-hydrogen) atoms. The molecule has 1 saturated heterocycles. The summed E-state index contributed by atoms with van der Waals surface area (Å²) in [4.78, 5) is 11.2. The number of carbonyl (C=O) groups excluding carboxylic acids is 1. The van der Waals surface area contributed by atoms with Crippen LogP contribution in [0.1, 0.15) is 31.1 Å². The lowest BCUT2D eigenvalue weighted by Crippen LogP contribution is -2.19. The second kappa shape index (κ2) is 6.68. The van der Waals surface area contributed by atoms with Crippen LogP contribution in [-0.2, 0) is 14.3 Å². The molecule has 1 fully saturated rings. The van der Waals surface area contributed by atoms with Crippen molar-refractivity contribution in [3.8, 4) is 0 Å². The Morgan fingerprint density at radius 2 is 2.35 bits per heavy atom. The number of ether oxygens (including phenoxy) is 2. The average molecular weight is 339 g/mol. The molecule has 0 amide bonds. The Morgan fingerprint density at radius 3 is 3.04 bits per heavy atom. The SMILES string of the molecule is COC(=O)/C(F)=C/c1ccc2cnn(C3CCCCO3)c2c1Cl. The Balaban J connectivity index is 2.05. The van der Waals surface area contributed by atoms with Crippen LogP contribution in [-0.4, -0.2) is 29.5 Å². The second-order valence-electron chi connectivity index (χ2n) is 5.30. The number of esters is 1. The monoisotopic (exact) mass is 338 g/mol. The molecule has 0 spiro atoms. The van der Waals surface area contributed by atoms with Gasteiger partial charge in [0.2, 0.25) is 5.83 Å². The number of nitrogens with zero attached hydrogens (tertiary/aromatic N) is 2. The average Bonchev–Trinajstić information content (AvgIpc) is 3.02. The summed E-state index contributed by atoms with van der Waals surface area (Å²) in [6.45, 7) is 0.681. The van der Waals surface area contributed by atoms with Crippen molar-refractivity contribution >= 4 is 34.5 Å². The molecule has 1 aliphatic rings. The molecule has 0 bridgehead atoms. The van der Waals surface area contributed by atoms with Crippen molar-refractivity contribution in [2.75, 3.05) is 13.7 Å². The summed E-state index contributed by atoms with van der Waals surface area (Å²) < 4.78 is 25.5. The second-order valence-corrected chi connectivity index (χ2v) is 5.68. The summed E-state index contributed by atoms with van der Waals surface area (Å²) in [7, 11) is 1.12. The van der Waals surface area contributed by atoms with Crippen molar-refractivity contribution < 1.29 is 18.7 Å². The van der Waals surface area contributed by atoms with E-state index in [9.17, 15) is 9.18 Å². The lowest BCUT2D eigenvalue weighted by Gasteiger charge is -2.23. The van der Waals surface area contributed by atoms with E-state index in [1.807, 2.05) is 0 Å². The minimum absolute atomic E-state index is 0.177. The fourth-order valence-electron chi connectivity index (χ4n) is 2.65. The maximum Gasteiger partial charge on any atom is 0.366 e. The van der Waals surface area contributed by atoms with Gasteiger partial charge >= 0.3 is 5.97 Å². The number of hydrogen-bond donors (Lipinski definition) is 0. The van der Waals surface area contributed by atoms with Gasteiger partial charge in [0.15, 0.2) is 6.23 Å². The third-order valence-electron chi connectivity index (χ3n) is 3.82. The molecule has 1 aromatic carbocycles. The van der Waals surface area contributed by atoms with Crippen molar-refractivity contribution in [1.82, 2.24) is 9.78 Å². The third-order valence-corrected chi connectivity index (χ3v) is 4.22. The third kappa shape index (κ3) is 3.09. The number of methoxy groups -OCH3 is 1. The van der Waals surface area contributed by atoms with E-state index in [4.69, 9.17) is 16.3 Å². The lowest BCUT2D eigenvalue weighted by atomic mass is 10.1. The van der Waals surface area contributed by atoms with Crippen LogP contribution < -0.4 is 0 Å². The molecular weight excluding hydrogens is 323 g/mol. The standard InChI is InChI=1S/C16H16ClFN2O3/c1-22-16(21)12(18)8-10-5-6-11-9-19-20(15(11)14(10)17)13-4-2-3-7-23-13/h5-6,8-9,13H,2-4,7H2,1H3/b12-8-. The highest BCUT2D eigenvalue weighted by Gasteiger charge is 2.21. The van der Waals surface area contributed by atoms with Crippen LogP contribution in [0.2, 0.25) is 5.02 Å². The zero-order valence-corrected chi connectivity index (χ0v) is 13.3. The van der Waals surface area contributed by atoms with E-state index >= 15 is 0 Å². The molecule has 1 aliphatic heterocycles. The first-order valence-electron chi connectivity index (χ1n) is 7.34. The number of halogens is 2. The summed E-state index contributed by atoms with van der Waals surface area (Å²) in [6, 6.07) is 3.42. The van der Waals surface area contributed by atoms with Gasteiger partial charge in [-0.3, -0.25) is 0 Å². The summed E-state index contributed by atoms with van der Waals surface area (Å²) in [5, 5.41) is 5.51. The molecule has 1 atom stereocenters. The van der Waals surface area contributed by atoms with E-state index in [-0.39, 0.29) is 6.23 Å². The van der Waals surface area contributed by atoms with Gasteiger partial charge in [0, 0.05) is 12.0 Å². The van der Waals surface area contributed by atoms with Crippen molar-refractivity contribution in [2.24, 2.45) is 0 Å². The summed E-state index contributed by atoms with van der Waals surface area (Å²) in [5.41, 5.74) is 1.06. The molecular formula is C16H16ClFN2O3. The molecule has 0 radical (unpaired) electrons. The number of benzene rings is 1. The minimum Gasteiger partial charge on any atom is -0.464 e. The predicted molar refractivity (Wildman–Crippen MR) is 84.7 cm³/mol. The van der Waals surface area contributed by atoms with Crippen LogP contribution in [0.25, 0.3) is 17.0 Å². The first-order chi connectivity index (χ1) is 11.1. The molecule has 5 nitrogen and oxygen atoms in total. The van der Waals surface area contributed by atoms with Gasteiger partial charge in [-0.05, 0) is 30.9 Å². The molecule has 2 aromatic rings.